The quantitative estimate of drug-likeness (QED) is 0.429. The van der Waals surface area contributed by atoms with E-state index in [2.05, 4.69) is 15.0 Å². The third-order valence-electron chi connectivity index (χ3n) is 3.04. The van der Waals surface area contributed by atoms with Gasteiger partial charge in [-0.25, -0.2) is 15.0 Å². The largest absolute Gasteiger partial charge is 0.494 e. The van der Waals surface area contributed by atoms with Crippen LogP contribution in [-0.2, 0) is 7.59 Å². The minimum Gasteiger partial charge on any atom is -0.494 e. The lowest BCUT2D eigenvalue weighted by atomic mass is 10.2. The average molecular weight is 492 g/mol. The van der Waals surface area contributed by atoms with Crippen LogP contribution in [0.3, 0.4) is 0 Å². The topological polar surface area (TPSA) is 68.1 Å². The number of aliphatic hydroxyl groups excluding tert-OH is 1. The van der Waals surface area contributed by atoms with E-state index in [1.54, 1.807) is 24.3 Å². The van der Waals surface area contributed by atoms with E-state index in [1.807, 2.05) is 12.1 Å². The zero-order chi connectivity index (χ0) is 20.1. The molecule has 1 N–H and O–H groups in total. The molecule has 5 nitrogen and oxygen atoms in total. The van der Waals surface area contributed by atoms with Crippen LogP contribution in [0.2, 0.25) is 0 Å². The second-order valence-corrected chi connectivity index (χ2v) is 9.73. The van der Waals surface area contributed by atoms with Gasteiger partial charge >= 0.3 is 0 Å². The molecule has 27 heavy (non-hydrogen) atoms. The first-order valence-corrected chi connectivity index (χ1v) is 9.78. The molecule has 0 fully saturated rings. The maximum Gasteiger partial charge on any atom is 0.250 e. The summed E-state index contributed by atoms with van der Waals surface area (Å²) in [5.41, 5.74) is 0.843. The minimum absolute atomic E-state index is 0.0825. The van der Waals surface area contributed by atoms with Crippen molar-refractivity contribution in [3.8, 4) is 5.75 Å². The number of ether oxygens (including phenoxy) is 1. The molecule has 0 amide bonds. The second-order valence-electron chi connectivity index (χ2n) is 5.16. The Hall–Kier alpha value is -0.530. The monoisotopic (exact) mass is 489 g/mol. The Bertz CT molecular complexity index is 756. The van der Waals surface area contributed by atoms with Gasteiger partial charge < -0.3 is 9.84 Å². The number of hydrogen-bond acceptors (Lipinski definition) is 5. The molecule has 2 rings (SSSR count). The highest BCUT2D eigenvalue weighted by molar-refractivity contribution is 6.67. The van der Waals surface area contributed by atoms with Crippen molar-refractivity contribution in [2.75, 3.05) is 13.2 Å². The molecule has 1 aromatic carbocycles. The highest BCUT2D eigenvalue weighted by Gasteiger charge is 2.33. The summed E-state index contributed by atoms with van der Waals surface area (Å²) < 4.78 is 1.67. The Balaban J connectivity index is 2.22. The summed E-state index contributed by atoms with van der Waals surface area (Å²) in [4.78, 5) is 12.0. The van der Waals surface area contributed by atoms with E-state index in [1.165, 1.54) is 0 Å². The first-order chi connectivity index (χ1) is 12.6. The van der Waals surface area contributed by atoms with Crippen LogP contribution in [0.1, 0.15) is 29.5 Å². The number of halogens is 6. The number of alkyl halides is 6. The number of aliphatic hydroxyl groups is 1. The third-order valence-corrected chi connectivity index (χ3v) is 4.05. The van der Waals surface area contributed by atoms with Crippen LogP contribution in [0.4, 0.5) is 0 Å². The third kappa shape index (κ3) is 7.42. The fourth-order valence-corrected chi connectivity index (χ4v) is 2.33. The zero-order valence-corrected chi connectivity index (χ0v) is 18.1. The molecule has 0 unspecified atom stereocenters. The van der Waals surface area contributed by atoms with E-state index >= 15 is 0 Å². The minimum atomic E-state index is -1.90. The predicted molar refractivity (Wildman–Crippen MR) is 111 cm³/mol. The molecular weight excluding hydrogens is 479 g/mol. The molecule has 0 saturated heterocycles. The number of rotatable bonds is 6. The van der Waals surface area contributed by atoms with Crippen LogP contribution in [0.15, 0.2) is 24.3 Å². The lowest BCUT2D eigenvalue weighted by molar-refractivity contribution is 0.233. The van der Waals surface area contributed by atoms with Crippen molar-refractivity contribution in [1.29, 1.82) is 0 Å². The van der Waals surface area contributed by atoms with Crippen molar-refractivity contribution in [2.24, 2.45) is 0 Å². The molecule has 0 saturated carbocycles. The average Bonchev–Trinajstić information content (AvgIpc) is 2.59. The van der Waals surface area contributed by atoms with Gasteiger partial charge in [0.2, 0.25) is 7.59 Å². The van der Waals surface area contributed by atoms with Gasteiger partial charge in [0, 0.05) is 13.0 Å². The number of benzene rings is 1. The lowest BCUT2D eigenvalue weighted by Gasteiger charge is -2.14. The lowest BCUT2D eigenvalue weighted by Crippen LogP contribution is -2.16. The van der Waals surface area contributed by atoms with Crippen molar-refractivity contribution >= 4 is 81.8 Å². The van der Waals surface area contributed by atoms with E-state index in [4.69, 9.17) is 79.4 Å². The molecule has 146 valence electrons. The van der Waals surface area contributed by atoms with Crippen molar-refractivity contribution < 1.29 is 9.84 Å². The maximum absolute atomic E-state index is 8.75. The summed E-state index contributed by atoms with van der Waals surface area (Å²) in [6.45, 7) is 0.523. The number of aromatic nitrogens is 3. The Kier molecular flexibility index (Phi) is 8.25. The van der Waals surface area contributed by atoms with Crippen LogP contribution in [-0.4, -0.2) is 33.3 Å². The smallest absolute Gasteiger partial charge is 0.250 e. The number of hydrogen-bond donors (Lipinski definition) is 1. The molecule has 0 aliphatic carbocycles. The van der Waals surface area contributed by atoms with Crippen LogP contribution in [0, 0.1) is 0 Å². The molecule has 0 bridgehead atoms. The SMILES string of the molecule is OCCCOc1ccc(C=Cc2nc(C(Cl)(Cl)Cl)nc(C(Cl)(Cl)Cl)n2)cc1. The van der Waals surface area contributed by atoms with Gasteiger partial charge in [-0.05, 0) is 23.8 Å². The predicted octanol–water partition coefficient (Wildman–Crippen LogP) is 5.46. The molecule has 0 spiro atoms. The summed E-state index contributed by atoms with van der Waals surface area (Å²) in [6, 6.07) is 7.25. The number of nitrogens with zero attached hydrogens (tertiary/aromatic N) is 3. The van der Waals surface area contributed by atoms with E-state index in [0.29, 0.717) is 18.8 Å². The Morgan fingerprint density at radius 2 is 1.41 bits per heavy atom. The molecule has 0 aliphatic heterocycles. The maximum atomic E-state index is 8.75. The van der Waals surface area contributed by atoms with E-state index in [-0.39, 0.29) is 24.1 Å². The van der Waals surface area contributed by atoms with Gasteiger partial charge in [0.1, 0.15) is 5.75 Å². The molecule has 1 heterocycles. The summed E-state index contributed by atoms with van der Waals surface area (Å²) in [5.74, 6) is 0.542. The Morgan fingerprint density at radius 3 is 1.89 bits per heavy atom. The molecule has 2 aromatic rings. The van der Waals surface area contributed by atoms with Gasteiger partial charge in [-0.15, -0.1) is 0 Å². The van der Waals surface area contributed by atoms with Crippen LogP contribution in [0.25, 0.3) is 12.2 Å². The van der Waals surface area contributed by atoms with Gasteiger partial charge in [0.15, 0.2) is 17.5 Å². The first-order valence-electron chi connectivity index (χ1n) is 7.52. The summed E-state index contributed by atoms with van der Waals surface area (Å²) >= 11 is 35.0. The van der Waals surface area contributed by atoms with Crippen molar-refractivity contribution in [1.82, 2.24) is 15.0 Å². The molecule has 0 aliphatic rings. The van der Waals surface area contributed by atoms with E-state index in [9.17, 15) is 0 Å². The normalized spacial score (nSPS) is 12.6. The van der Waals surface area contributed by atoms with Gasteiger partial charge in [0.25, 0.3) is 0 Å². The van der Waals surface area contributed by atoms with Gasteiger partial charge in [-0.3, -0.25) is 0 Å². The van der Waals surface area contributed by atoms with Gasteiger partial charge in [-0.2, -0.15) is 0 Å². The standard InChI is InChI=1S/C16H13Cl6N3O2/c17-15(18,19)13-23-12(24-14(25-13)16(20,21)22)7-4-10-2-5-11(6-3-10)27-9-1-8-26/h2-7,26H,1,8-9H2. The molecule has 0 radical (unpaired) electrons. The van der Waals surface area contributed by atoms with Crippen molar-refractivity contribution in [3.63, 3.8) is 0 Å². The molecule has 11 heteroatoms. The highest BCUT2D eigenvalue weighted by Crippen LogP contribution is 2.39. The molecule has 0 atom stereocenters. The van der Waals surface area contributed by atoms with Crippen LogP contribution >= 0.6 is 69.6 Å². The van der Waals surface area contributed by atoms with Gasteiger partial charge in [0.05, 0.1) is 6.61 Å². The van der Waals surface area contributed by atoms with Gasteiger partial charge in [-0.1, -0.05) is 87.8 Å². The fraction of sp³-hybridized carbons (Fsp3) is 0.312. The summed E-state index contributed by atoms with van der Waals surface area (Å²) in [6.07, 6.45) is 3.87. The molecular formula is C16H13Cl6N3O2. The summed E-state index contributed by atoms with van der Waals surface area (Å²) in [5, 5.41) is 8.75. The summed E-state index contributed by atoms with van der Waals surface area (Å²) in [7, 11) is 0. The van der Waals surface area contributed by atoms with Crippen molar-refractivity contribution in [2.45, 2.75) is 14.0 Å². The van der Waals surface area contributed by atoms with Crippen LogP contribution in [0.5, 0.6) is 5.75 Å². The van der Waals surface area contributed by atoms with Crippen molar-refractivity contribution in [3.05, 3.63) is 47.3 Å². The zero-order valence-electron chi connectivity index (χ0n) is 13.6. The van der Waals surface area contributed by atoms with E-state index < -0.39 is 7.59 Å². The first kappa shape index (κ1) is 22.8. The van der Waals surface area contributed by atoms with E-state index in [0.717, 1.165) is 5.56 Å². The van der Waals surface area contributed by atoms with Crippen LogP contribution < -0.4 is 4.74 Å². The Labute approximate surface area is 186 Å². The molecule has 1 aromatic heterocycles. The Morgan fingerprint density at radius 1 is 0.852 bits per heavy atom. The highest BCUT2D eigenvalue weighted by atomic mass is 35.6. The fourth-order valence-electron chi connectivity index (χ4n) is 1.82. The second kappa shape index (κ2) is 9.79.